The van der Waals surface area contributed by atoms with Crippen LogP contribution in [0.15, 0.2) is 36.9 Å². The van der Waals surface area contributed by atoms with Gasteiger partial charge in [0.2, 0.25) is 0 Å². The van der Waals surface area contributed by atoms with Gasteiger partial charge in [-0.1, -0.05) is 0 Å². The normalized spacial score (nSPS) is 10.0. The zero-order chi connectivity index (χ0) is 13.7. The zero-order valence-electron chi connectivity index (χ0n) is 11.0. The molecule has 0 aliphatic heterocycles. The second-order valence-electron chi connectivity index (χ2n) is 4.10. The molecule has 0 saturated heterocycles. The predicted molar refractivity (Wildman–Crippen MR) is 75.3 cm³/mol. The first-order valence-corrected chi connectivity index (χ1v) is 6.12. The van der Waals surface area contributed by atoms with Gasteiger partial charge in [0.25, 0.3) is 5.91 Å². The SMILES string of the molecule is CCNc1ccncc1C(=O)Nc1ccncc1C. The summed E-state index contributed by atoms with van der Waals surface area (Å²) >= 11 is 0. The minimum Gasteiger partial charge on any atom is -0.385 e. The number of hydrogen-bond acceptors (Lipinski definition) is 4. The molecule has 0 aromatic carbocycles. The van der Waals surface area contributed by atoms with Gasteiger partial charge in [0.15, 0.2) is 0 Å². The lowest BCUT2D eigenvalue weighted by Crippen LogP contribution is -2.15. The van der Waals surface area contributed by atoms with Gasteiger partial charge in [-0.2, -0.15) is 0 Å². The molecule has 1 amide bonds. The van der Waals surface area contributed by atoms with Crippen molar-refractivity contribution in [1.82, 2.24) is 9.97 Å². The van der Waals surface area contributed by atoms with E-state index in [0.29, 0.717) is 5.56 Å². The largest absolute Gasteiger partial charge is 0.385 e. The summed E-state index contributed by atoms with van der Waals surface area (Å²) in [4.78, 5) is 20.2. The van der Waals surface area contributed by atoms with Gasteiger partial charge in [-0.3, -0.25) is 14.8 Å². The number of hydrogen-bond donors (Lipinski definition) is 2. The van der Waals surface area contributed by atoms with Crippen molar-refractivity contribution in [3.63, 3.8) is 0 Å². The molecule has 2 heterocycles. The number of nitrogens with zero attached hydrogens (tertiary/aromatic N) is 2. The summed E-state index contributed by atoms with van der Waals surface area (Å²) in [6, 6.07) is 3.56. The third-order valence-electron chi connectivity index (χ3n) is 2.70. The van der Waals surface area contributed by atoms with Gasteiger partial charge in [0.05, 0.1) is 11.3 Å². The summed E-state index contributed by atoms with van der Waals surface area (Å²) in [6.07, 6.45) is 6.58. The van der Waals surface area contributed by atoms with Gasteiger partial charge in [-0.15, -0.1) is 0 Å². The molecule has 2 aromatic heterocycles. The van der Waals surface area contributed by atoms with Crippen LogP contribution in [0.4, 0.5) is 11.4 Å². The van der Waals surface area contributed by atoms with Crippen molar-refractivity contribution in [1.29, 1.82) is 0 Å². The lowest BCUT2D eigenvalue weighted by atomic mass is 10.2. The fourth-order valence-corrected chi connectivity index (χ4v) is 1.72. The van der Waals surface area contributed by atoms with E-state index in [1.54, 1.807) is 36.9 Å². The van der Waals surface area contributed by atoms with E-state index in [-0.39, 0.29) is 5.91 Å². The molecule has 5 heteroatoms. The fraction of sp³-hybridized carbons (Fsp3) is 0.214. The number of rotatable bonds is 4. The highest BCUT2D eigenvalue weighted by Gasteiger charge is 2.12. The number of carbonyl (C=O) groups is 1. The van der Waals surface area contributed by atoms with Crippen LogP contribution in [-0.4, -0.2) is 22.4 Å². The Kier molecular flexibility index (Phi) is 4.07. The average molecular weight is 256 g/mol. The van der Waals surface area contributed by atoms with Crippen molar-refractivity contribution in [3.8, 4) is 0 Å². The molecule has 0 bridgehead atoms. The van der Waals surface area contributed by atoms with Crippen LogP contribution in [0.1, 0.15) is 22.8 Å². The van der Waals surface area contributed by atoms with Gasteiger partial charge in [0.1, 0.15) is 0 Å². The summed E-state index contributed by atoms with van der Waals surface area (Å²) in [5.74, 6) is -0.182. The molecule has 0 radical (unpaired) electrons. The number of amides is 1. The molecule has 2 aromatic rings. The second-order valence-corrected chi connectivity index (χ2v) is 4.10. The molecule has 0 unspecified atom stereocenters. The molecule has 0 aliphatic rings. The summed E-state index contributed by atoms with van der Waals surface area (Å²) in [7, 11) is 0. The molecule has 0 fully saturated rings. The quantitative estimate of drug-likeness (QED) is 0.881. The van der Waals surface area contributed by atoms with E-state index in [1.807, 2.05) is 13.8 Å². The van der Waals surface area contributed by atoms with Gasteiger partial charge < -0.3 is 10.6 Å². The number of carbonyl (C=O) groups excluding carboxylic acids is 1. The highest BCUT2D eigenvalue weighted by molar-refractivity contribution is 6.08. The van der Waals surface area contributed by atoms with Crippen LogP contribution in [0.2, 0.25) is 0 Å². The third kappa shape index (κ3) is 3.07. The Morgan fingerprint density at radius 3 is 2.53 bits per heavy atom. The number of nitrogens with one attached hydrogen (secondary N) is 2. The van der Waals surface area contributed by atoms with E-state index >= 15 is 0 Å². The lowest BCUT2D eigenvalue weighted by Gasteiger charge is -2.11. The molecule has 0 aliphatic carbocycles. The van der Waals surface area contributed by atoms with Crippen LogP contribution in [-0.2, 0) is 0 Å². The first-order chi connectivity index (χ1) is 9.22. The Morgan fingerprint density at radius 2 is 1.84 bits per heavy atom. The van der Waals surface area contributed by atoms with Crippen LogP contribution in [0, 0.1) is 6.92 Å². The zero-order valence-corrected chi connectivity index (χ0v) is 11.0. The average Bonchev–Trinajstić information content (AvgIpc) is 2.42. The molecule has 0 atom stereocenters. The highest BCUT2D eigenvalue weighted by atomic mass is 16.1. The molecule has 98 valence electrons. The van der Waals surface area contributed by atoms with E-state index in [1.165, 1.54) is 0 Å². The Balaban J connectivity index is 2.23. The van der Waals surface area contributed by atoms with Crippen molar-refractivity contribution in [2.24, 2.45) is 0 Å². The van der Waals surface area contributed by atoms with Crippen molar-refractivity contribution in [2.75, 3.05) is 17.2 Å². The smallest absolute Gasteiger partial charge is 0.259 e. The van der Waals surface area contributed by atoms with Crippen LogP contribution in [0.3, 0.4) is 0 Å². The van der Waals surface area contributed by atoms with E-state index < -0.39 is 0 Å². The van der Waals surface area contributed by atoms with Crippen molar-refractivity contribution in [2.45, 2.75) is 13.8 Å². The minimum absolute atomic E-state index is 0.182. The first-order valence-electron chi connectivity index (χ1n) is 6.12. The monoisotopic (exact) mass is 256 g/mol. The Bertz CT molecular complexity index is 583. The van der Waals surface area contributed by atoms with Gasteiger partial charge in [-0.05, 0) is 31.5 Å². The van der Waals surface area contributed by atoms with Crippen LogP contribution >= 0.6 is 0 Å². The Morgan fingerprint density at radius 1 is 1.16 bits per heavy atom. The summed E-state index contributed by atoms with van der Waals surface area (Å²) in [5, 5.41) is 6.01. The standard InChI is InChI=1S/C14H16N4O/c1-3-17-13-5-7-16-9-11(13)14(19)18-12-4-6-15-8-10(12)2/h4-9H,3H2,1-2H3,(H,16,17)(H,15,18,19). The molecule has 2 rings (SSSR count). The van der Waals surface area contributed by atoms with E-state index in [4.69, 9.17) is 0 Å². The fourth-order valence-electron chi connectivity index (χ4n) is 1.72. The number of pyridine rings is 2. The summed E-state index contributed by atoms with van der Waals surface area (Å²) in [6.45, 7) is 4.63. The molecule has 0 saturated carbocycles. The number of anilines is 2. The van der Waals surface area contributed by atoms with Crippen LogP contribution < -0.4 is 10.6 Å². The van der Waals surface area contributed by atoms with E-state index in [2.05, 4.69) is 20.6 Å². The van der Waals surface area contributed by atoms with Crippen molar-refractivity contribution in [3.05, 3.63) is 48.0 Å². The highest BCUT2D eigenvalue weighted by Crippen LogP contribution is 2.17. The molecule has 0 spiro atoms. The lowest BCUT2D eigenvalue weighted by molar-refractivity contribution is 0.102. The van der Waals surface area contributed by atoms with Crippen LogP contribution in [0.25, 0.3) is 0 Å². The number of aryl methyl sites for hydroxylation is 1. The molecule has 19 heavy (non-hydrogen) atoms. The maximum Gasteiger partial charge on any atom is 0.259 e. The number of aromatic nitrogens is 2. The molecule has 2 N–H and O–H groups in total. The summed E-state index contributed by atoms with van der Waals surface area (Å²) < 4.78 is 0. The van der Waals surface area contributed by atoms with Gasteiger partial charge in [-0.25, -0.2) is 0 Å². The van der Waals surface area contributed by atoms with E-state index in [0.717, 1.165) is 23.5 Å². The van der Waals surface area contributed by atoms with Crippen LogP contribution in [0.5, 0.6) is 0 Å². The molecular weight excluding hydrogens is 240 g/mol. The Hall–Kier alpha value is -2.43. The van der Waals surface area contributed by atoms with E-state index in [9.17, 15) is 4.79 Å². The maximum atomic E-state index is 12.3. The second kappa shape index (κ2) is 5.95. The van der Waals surface area contributed by atoms with Gasteiger partial charge >= 0.3 is 0 Å². The first kappa shape index (κ1) is 13.0. The minimum atomic E-state index is -0.182. The van der Waals surface area contributed by atoms with Crippen molar-refractivity contribution < 1.29 is 4.79 Å². The maximum absolute atomic E-state index is 12.3. The predicted octanol–water partition coefficient (Wildman–Crippen LogP) is 2.47. The molecule has 5 nitrogen and oxygen atoms in total. The van der Waals surface area contributed by atoms with Crippen molar-refractivity contribution >= 4 is 17.3 Å². The molecular formula is C14H16N4O. The topological polar surface area (TPSA) is 66.9 Å². The van der Waals surface area contributed by atoms with Gasteiger partial charge in [0, 0.05) is 37.0 Å². The third-order valence-corrected chi connectivity index (χ3v) is 2.70. The summed E-state index contributed by atoms with van der Waals surface area (Å²) in [5.41, 5.74) is 2.98. The Labute approximate surface area is 112 Å².